The zero-order valence-corrected chi connectivity index (χ0v) is 11.4. The summed E-state index contributed by atoms with van der Waals surface area (Å²) in [7, 11) is 0. The number of hydrogen-bond donors (Lipinski definition) is 0. The molecule has 104 valence electrons. The van der Waals surface area contributed by atoms with Gasteiger partial charge in [0.2, 0.25) is 0 Å². The summed E-state index contributed by atoms with van der Waals surface area (Å²) in [6.07, 6.45) is 1.57. The van der Waals surface area contributed by atoms with Crippen molar-refractivity contribution in [1.82, 2.24) is 4.90 Å². The van der Waals surface area contributed by atoms with Crippen LogP contribution in [0.5, 0.6) is 0 Å². The van der Waals surface area contributed by atoms with Crippen LogP contribution in [0.4, 0.5) is 10.1 Å². The Morgan fingerprint density at radius 2 is 1.89 bits per heavy atom. The van der Waals surface area contributed by atoms with Gasteiger partial charge in [0.1, 0.15) is 11.6 Å². The Balaban J connectivity index is 1.86. The Hall–Kier alpha value is -1.42. The molecular formula is C15H21FN2O. The van der Waals surface area contributed by atoms with Crippen LogP contribution >= 0.6 is 0 Å². The second-order valence-corrected chi connectivity index (χ2v) is 5.00. The number of para-hydroxylation sites is 1. The molecule has 0 bridgehead atoms. The van der Waals surface area contributed by atoms with Crippen LogP contribution in [0.2, 0.25) is 0 Å². The molecule has 0 saturated carbocycles. The SMILES string of the molecule is CCCC(=O)CN1CCN(c2ccccc2F)CC1. The number of halogens is 1. The van der Waals surface area contributed by atoms with Crippen LogP contribution in [0.25, 0.3) is 0 Å². The first kappa shape index (κ1) is 14.0. The number of nitrogens with zero attached hydrogens (tertiary/aromatic N) is 2. The summed E-state index contributed by atoms with van der Waals surface area (Å²) < 4.78 is 13.7. The maximum atomic E-state index is 13.7. The molecule has 1 aliphatic heterocycles. The second kappa shape index (κ2) is 6.66. The summed E-state index contributed by atoms with van der Waals surface area (Å²) in [6.45, 7) is 5.77. The monoisotopic (exact) mass is 264 g/mol. The third-order valence-corrected chi connectivity index (χ3v) is 3.49. The molecule has 3 nitrogen and oxygen atoms in total. The number of ketones is 1. The molecule has 0 unspecified atom stereocenters. The Morgan fingerprint density at radius 1 is 1.21 bits per heavy atom. The average molecular weight is 264 g/mol. The molecule has 19 heavy (non-hydrogen) atoms. The van der Waals surface area contributed by atoms with Gasteiger partial charge >= 0.3 is 0 Å². The largest absolute Gasteiger partial charge is 0.367 e. The van der Waals surface area contributed by atoms with Crippen LogP contribution in [0, 0.1) is 5.82 Å². The molecule has 0 spiro atoms. The second-order valence-electron chi connectivity index (χ2n) is 5.00. The van der Waals surface area contributed by atoms with E-state index in [9.17, 15) is 9.18 Å². The van der Waals surface area contributed by atoms with E-state index >= 15 is 0 Å². The van der Waals surface area contributed by atoms with Gasteiger partial charge in [0, 0.05) is 32.6 Å². The summed E-state index contributed by atoms with van der Waals surface area (Å²) in [5.74, 6) is 0.139. The maximum absolute atomic E-state index is 13.7. The molecule has 1 fully saturated rings. The number of rotatable bonds is 5. The standard InChI is InChI=1S/C15H21FN2O/c1-2-5-13(19)12-17-8-10-18(11-9-17)15-7-4-3-6-14(15)16/h3-4,6-7H,2,5,8-12H2,1H3. The Labute approximate surface area is 114 Å². The highest BCUT2D eigenvalue weighted by atomic mass is 19.1. The van der Waals surface area contributed by atoms with Gasteiger partial charge in [-0.05, 0) is 18.6 Å². The Bertz CT molecular complexity index is 428. The summed E-state index contributed by atoms with van der Waals surface area (Å²) in [6, 6.07) is 6.87. The molecule has 1 aliphatic rings. The smallest absolute Gasteiger partial charge is 0.146 e. The Morgan fingerprint density at radius 3 is 2.53 bits per heavy atom. The van der Waals surface area contributed by atoms with Gasteiger partial charge in [0.05, 0.1) is 12.2 Å². The number of benzene rings is 1. The fourth-order valence-electron chi connectivity index (χ4n) is 2.46. The zero-order chi connectivity index (χ0) is 13.7. The van der Waals surface area contributed by atoms with Crippen LogP contribution in [0.15, 0.2) is 24.3 Å². The van der Waals surface area contributed by atoms with Gasteiger partial charge in [-0.15, -0.1) is 0 Å². The normalized spacial score (nSPS) is 16.6. The minimum Gasteiger partial charge on any atom is -0.367 e. The van der Waals surface area contributed by atoms with Gasteiger partial charge in [-0.3, -0.25) is 9.69 Å². The number of anilines is 1. The fourth-order valence-corrected chi connectivity index (χ4v) is 2.46. The molecule has 0 aliphatic carbocycles. The van der Waals surface area contributed by atoms with Crippen molar-refractivity contribution in [2.45, 2.75) is 19.8 Å². The summed E-state index contributed by atoms with van der Waals surface area (Å²) in [4.78, 5) is 15.8. The van der Waals surface area contributed by atoms with E-state index in [1.165, 1.54) is 6.07 Å². The number of piperazine rings is 1. The van der Waals surface area contributed by atoms with Crippen molar-refractivity contribution < 1.29 is 9.18 Å². The van der Waals surface area contributed by atoms with Crippen molar-refractivity contribution in [1.29, 1.82) is 0 Å². The summed E-state index contributed by atoms with van der Waals surface area (Å²) >= 11 is 0. The van der Waals surface area contributed by atoms with E-state index in [1.54, 1.807) is 6.07 Å². The van der Waals surface area contributed by atoms with Crippen molar-refractivity contribution in [2.24, 2.45) is 0 Å². The van der Waals surface area contributed by atoms with Crippen LogP contribution in [-0.4, -0.2) is 43.4 Å². The zero-order valence-electron chi connectivity index (χ0n) is 11.4. The van der Waals surface area contributed by atoms with E-state index in [-0.39, 0.29) is 5.82 Å². The predicted molar refractivity (Wildman–Crippen MR) is 75.0 cm³/mol. The highest BCUT2D eigenvalue weighted by molar-refractivity contribution is 5.80. The number of carbonyl (C=O) groups excluding carboxylic acids is 1. The molecule has 1 heterocycles. The molecule has 2 rings (SSSR count). The lowest BCUT2D eigenvalue weighted by molar-refractivity contribution is -0.120. The number of Topliss-reactive ketones (excluding diaryl/α,β-unsaturated/α-hetero) is 1. The van der Waals surface area contributed by atoms with Crippen molar-refractivity contribution in [3.63, 3.8) is 0 Å². The minimum absolute atomic E-state index is 0.169. The van der Waals surface area contributed by atoms with Gasteiger partial charge in [-0.2, -0.15) is 0 Å². The summed E-state index contributed by atoms with van der Waals surface area (Å²) in [5, 5.41) is 0. The van der Waals surface area contributed by atoms with Crippen LogP contribution in [-0.2, 0) is 4.79 Å². The molecule has 0 radical (unpaired) electrons. The predicted octanol–water partition coefficient (Wildman–Crippen LogP) is 2.32. The first-order valence-corrected chi connectivity index (χ1v) is 6.94. The first-order chi connectivity index (χ1) is 9.20. The molecule has 0 aromatic heterocycles. The van der Waals surface area contributed by atoms with Crippen LogP contribution < -0.4 is 4.90 Å². The lowest BCUT2D eigenvalue weighted by Crippen LogP contribution is -2.48. The third-order valence-electron chi connectivity index (χ3n) is 3.49. The third kappa shape index (κ3) is 3.77. The molecule has 1 aromatic rings. The molecule has 0 atom stereocenters. The van der Waals surface area contributed by atoms with Crippen molar-refractivity contribution in [3.05, 3.63) is 30.1 Å². The van der Waals surface area contributed by atoms with Crippen LogP contribution in [0.1, 0.15) is 19.8 Å². The van der Waals surface area contributed by atoms with Gasteiger partial charge in [0.25, 0.3) is 0 Å². The quantitative estimate of drug-likeness (QED) is 0.815. The van der Waals surface area contributed by atoms with E-state index in [4.69, 9.17) is 0 Å². The fraction of sp³-hybridized carbons (Fsp3) is 0.533. The molecule has 0 amide bonds. The van der Waals surface area contributed by atoms with Crippen molar-refractivity contribution >= 4 is 11.5 Å². The molecule has 1 aromatic carbocycles. The lowest BCUT2D eigenvalue weighted by Gasteiger charge is -2.35. The Kier molecular flexibility index (Phi) is 4.91. The molecule has 1 saturated heterocycles. The lowest BCUT2D eigenvalue weighted by atomic mass is 10.2. The minimum atomic E-state index is -0.169. The van der Waals surface area contributed by atoms with E-state index in [0.717, 1.165) is 32.6 Å². The van der Waals surface area contributed by atoms with E-state index in [0.29, 0.717) is 24.4 Å². The summed E-state index contributed by atoms with van der Waals surface area (Å²) in [5.41, 5.74) is 0.669. The molecule has 0 N–H and O–H groups in total. The van der Waals surface area contributed by atoms with E-state index < -0.39 is 0 Å². The highest BCUT2D eigenvalue weighted by Gasteiger charge is 2.20. The first-order valence-electron chi connectivity index (χ1n) is 6.94. The van der Waals surface area contributed by atoms with Gasteiger partial charge in [0.15, 0.2) is 0 Å². The number of carbonyl (C=O) groups is 1. The van der Waals surface area contributed by atoms with E-state index in [2.05, 4.69) is 9.80 Å². The van der Waals surface area contributed by atoms with Gasteiger partial charge < -0.3 is 4.90 Å². The van der Waals surface area contributed by atoms with Crippen molar-refractivity contribution in [3.8, 4) is 0 Å². The average Bonchev–Trinajstić information content (AvgIpc) is 2.41. The van der Waals surface area contributed by atoms with Gasteiger partial charge in [-0.1, -0.05) is 19.1 Å². The molecule has 4 heteroatoms. The maximum Gasteiger partial charge on any atom is 0.146 e. The van der Waals surface area contributed by atoms with Crippen LogP contribution in [0.3, 0.4) is 0 Å². The topological polar surface area (TPSA) is 23.6 Å². The van der Waals surface area contributed by atoms with Gasteiger partial charge in [-0.25, -0.2) is 4.39 Å². The molecular weight excluding hydrogens is 243 g/mol. The van der Waals surface area contributed by atoms with E-state index in [1.807, 2.05) is 19.1 Å². The highest BCUT2D eigenvalue weighted by Crippen LogP contribution is 2.20. The number of hydrogen-bond acceptors (Lipinski definition) is 3. The van der Waals surface area contributed by atoms with Crippen molar-refractivity contribution in [2.75, 3.05) is 37.6 Å².